The average Bonchev–Trinajstić information content (AvgIpc) is 2.47. The smallest absolute Gasteiger partial charge is 0.165 e. The lowest BCUT2D eigenvalue weighted by Crippen LogP contribution is -2.13. The Kier molecular flexibility index (Phi) is 4.35. The Labute approximate surface area is 114 Å². The van der Waals surface area contributed by atoms with Crippen LogP contribution in [0.15, 0.2) is 54.6 Å². The summed E-state index contributed by atoms with van der Waals surface area (Å²) in [7, 11) is 1.62. The Morgan fingerprint density at radius 3 is 2.26 bits per heavy atom. The number of hydrogen-bond acceptors (Lipinski definition) is 2. The first kappa shape index (κ1) is 13.3. The third-order valence-electron chi connectivity index (χ3n) is 3.21. The van der Waals surface area contributed by atoms with Gasteiger partial charge >= 0.3 is 0 Å². The average molecular weight is 254 g/mol. The van der Waals surface area contributed by atoms with E-state index in [-0.39, 0.29) is 11.7 Å². The monoisotopic (exact) mass is 254 g/mol. The summed E-state index contributed by atoms with van der Waals surface area (Å²) in [5, 5.41) is 0. The summed E-state index contributed by atoms with van der Waals surface area (Å²) in [4.78, 5) is 12.3. The molecule has 19 heavy (non-hydrogen) atoms. The van der Waals surface area contributed by atoms with Gasteiger partial charge in [0.25, 0.3) is 0 Å². The fourth-order valence-corrected chi connectivity index (χ4v) is 2.10. The molecule has 0 amide bonds. The summed E-state index contributed by atoms with van der Waals surface area (Å²) in [5.41, 5.74) is 1.93. The Bertz CT molecular complexity index is 529. The maximum absolute atomic E-state index is 12.3. The van der Waals surface area contributed by atoms with E-state index < -0.39 is 0 Å². The van der Waals surface area contributed by atoms with Gasteiger partial charge in [0, 0.05) is 11.5 Å². The van der Waals surface area contributed by atoms with Crippen molar-refractivity contribution in [2.45, 2.75) is 13.3 Å². The van der Waals surface area contributed by atoms with Crippen molar-refractivity contribution in [2.75, 3.05) is 7.11 Å². The van der Waals surface area contributed by atoms with Crippen molar-refractivity contribution in [3.05, 3.63) is 65.7 Å². The molecular formula is C17H18O2. The molecule has 2 aromatic rings. The zero-order valence-corrected chi connectivity index (χ0v) is 11.3. The minimum Gasteiger partial charge on any atom is -0.497 e. The van der Waals surface area contributed by atoms with Crippen LogP contribution in [0, 0.1) is 5.92 Å². The molecule has 2 rings (SSSR count). The van der Waals surface area contributed by atoms with E-state index >= 15 is 0 Å². The van der Waals surface area contributed by atoms with Crippen LogP contribution in [0.4, 0.5) is 0 Å². The molecule has 0 aliphatic rings. The molecule has 0 spiro atoms. The van der Waals surface area contributed by atoms with E-state index in [9.17, 15) is 4.79 Å². The van der Waals surface area contributed by atoms with Gasteiger partial charge in [0.05, 0.1) is 7.11 Å². The van der Waals surface area contributed by atoms with Gasteiger partial charge in [0.15, 0.2) is 5.78 Å². The first-order valence-corrected chi connectivity index (χ1v) is 6.43. The Balaban J connectivity index is 2.06. The second-order valence-electron chi connectivity index (χ2n) is 4.68. The molecule has 0 fully saturated rings. The van der Waals surface area contributed by atoms with Crippen LogP contribution in [0.1, 0.15) is 22.8 Å². The van der Waals surface area contributed by atoms with E-state index in [1.165, 1.54) is 5.56 Å². The zero-order valence-electron chi connectivity index (χ0n) is 11.3. The number of rotatable bonds is 5. The maximum Gasteiger partial charge on any atom is 0.165 e. The highest BCUT2D eigenvalue weighted by Gasteiger charge is 2.15. The van der Waals surface area contributed by atoms with Crippen LogP contribution >= 0.6 is 0 Å². The third-order valence-corrected chi connectivity index (χ3v) is 3.21. The molecule has 2 aromatic carbocycles. The lowest BCUT2D eigenvalue weighted by molar-refractivity contribution is 0.0929. The molecule has 0 radical (unpaired) electrons. The number of Topliss-reactive ketones (excluding diaryl/α,β-unsaturated/α-hetero) is 1. The number of hydrogen-bond donors (Lipinski definition) is 0. The van der Waals surface area contributed by atoms with Gasteiger partial charge in [-0.15, -0.1) is 0 Å². The number of benzene rings is 2. The van der Waals surface area contributed by atoms with Crippen molar-refractivity contribution in [1.82, 2.24) is 0 Å². The van der Waals surface area contributed by atoms with Gasteiger partial charge in [-0.1, -0.05) is 37.3 Å². The summed E-state index contributed by atoms with van der Waals surface area (Å²) in [6.45, 7) is 1.97. The van der Waals surface area contributed by atoms with Gasteiger partial charge in [-0.2, -0.15) is 0 Å². The number of methoxy groups -OCH3 is 1. The van der Waals surface area contributed by atoms with E-state index in [2.05, 4.69) is 12.1 Å². The quantitative estimate of drug-likeness (QED) is 0.759. The molecule has 0 saturated carbocycles. The van der Waals surface area contributed by atoms with Crippen molar-refractivity contribution >= 4 is 5.78 Å². The first-order valence-electron chi connectivity index (χ1n) is 6.43. The van der Waals surface area contributed by atoms with Crippen LogP contribution in [-0.2, 0) is 6.42 Å². The molecule has 2 nitrogen and oxygen atoms in total. The topological polar surface area (TPSA) is 26.3 Å². The summed E-state index contributed by atoms with van der Waals surface area (Å²) in [5.74, 6) is 0.926. The molecule has 1 atom stereocenters. The number of carbonyl (C=O) groups is 1. The van der Waals surface area contributed by atoms with E-state index in [1.807, 2.05) is 49.4 Å². The van der Waals surface area contributed by atoms with E-state index in [4.69, 9.17) is 4.74 Å². The molecule has 0 aromatic heterocycles. The lowest BCUT2D eigenvalue weighted by atomic mass is 9.93. The molecule has 0 N–H and O–H groups in total. The highest BCUT2D eigenvalue weighted by molar-refractivity contribution is 5.97. The van der Waals surface area contributed by atoms with Crippen LogP contribution in [0.3, 0.4) is 0 Å². The summed E-state index contributed by atoms with van der Waals surface area (Å²) >= 11 is 0. The standard InChI is InChI=1S/C17H18O2/c1-13(12-14-6-4-3-5-7-14)17(18)15-8-10-16(19-2)11-9-15/h3-11,13H,12H2,1-2H3/t13-/m1/s1. The van der Waals surface area contributed by atoms with E-state index in [0.717, 1.165) is 17.7 Å². The first-order chi connectivity index (χ1) is 9.20. The van der Waals surface area contributed by atoms with Crippen molar-refractivity contribution in [3.8, 4) is 5.75 Å². The van der Waals surface area contributed by atoms with Gasteiger partial charge in [0.1, 0.15) is 5.75 Å². The third kappa shape index (κ3) is 3.44. The largest absolute Gasteiger partial charge is 0.497 e. The van der Waals surface area contributed by atoms with Gasteiger partial charge < -0.3 is 4.74 Å². The predicted octanol–water partition coefficient (Wildman–Crippen LogP) is 3.76. The minimum atomic E-state index is -0.0178. The number of carbonyl (C=O) groups excluding carboxylic acids is 1. The SMILES string of the molecule is COc1ccc(C(=O)[C@H](C)Cc2ccccc2)cc1. The summed E-state index contributed by atoms with van der Waals surface area (Å²) in [6, 6.07) is 17.4. The van der Waals surface area contributed by atoms with E-state index in [0.29, 0.717) is 0 Å². The molecule has 2 heteroatoms. The maximum atomic E-state index is 12.3. The normalized spacial score (nSPS) is 11.9. The molecule has 0 bridgehead atoms. The van der Waals surface area contributed by atoms with Gasteiger partial charge in [-0.05, 0) is 36.2 Å². The molecule has 0 unspecified atom stereocenters. The molecule has 0 saturated heterocycles. The zero-order chi connectivity index (χ0) is 13.7. The highest BCUT2D eigenvalue weighted by atomic mass is 16.5. The van der Waals surface area contributed by atoms with Crippen LogP contribution in [0.5, 0.6) is 5.75 Å². The van der Waals surface area contributed by atoms with E-state index in [1.54, 1.807) is 7.11 Å². The Morgan fingerprint density at radius 2 is 1.68 bits per heavy atom. The molecular weight excluding hydrogens is 236 g/mol. The van der Waals surface area contributed by atoms with Crippen molar-refractivity contribution in [1.29, 1.82) is 0 Å². The molecule has 0 aliphatic heterocycles. The predicted molar refractivity (Wildman–Crippen MR) is 76.6 cm³/mol. The Hall–Kier alpha value is -2.09. The van der Waals surface area contributed by atoms with Crippen LogP contribution in [0.25, 0.3) is 0 Å². The second kappa shape index (κ2) is 6.19. The fraction of sp³-hybridized carbons (Fsp3) is 0.235. The van der Waals surface area contributed by atoms with Crippen molar-refractivity contribution < 1.29 is 9.53 Å². The lowest BCUT2D eigenvalue weighted by Gasteiger charge is -2.11. The Morgan fingerprint density at radius 1 is 1.05 bits per heavy atom. The van der Waals surface area contributed by atoms with Crippen LogP contribution < -0.4 is 4.74 Å². The van der Waals surface area contributed by atoms with Crippen LogP contribution in [-0.4, -0.2) is 12.9 Å². The van der Waals surface area contributed by atoms with Gasteiger partial charge in [-0.3, -0.25) is 4.79 Å². The van der Waals surface area contributed by atoms with Crippen LogP contribution in [0.2, 0.25) is 0 Å². The van der Waals surface area contributed by atoms with Crippen molar-refractivity contribution in [3.63, 3.8) is 0 Å². The fourth-order valence-electron chi connectivity index (χ4n) is 2.10. The summed E-state index contributed by atoms with van der Waals surface area (Å²) in [6.07, 6.45) is 0.770. The molecule has 0 heterocycles. The van der Waals surface area contributed by atoms with Gasteiger partial charge in [0.2, 0.25) is 0 Å². The highest BCUT2D eigenvalue weighted by Crippen LogP contribution is 2.17. The van der Waals surface area contributed by atoms with Crippen molar-refractivity contribution in [2.24, 2.45) is 5.92 Å². The van der Waals surface area contributed by atoms with Gasteiger partial charge in [-0.25, -0.2) is 0 Å². The molecule has 0 aliphatic carbocycles. The second-order valence-corrected chi connectivity index (χ2v) is 4.68. The summed E-state index contributed by atoms with van der Waals surface area (Å²) < 4.78 is 5.09. The number of ether oxygens (including phenoxy) is 1. The minimum absolute atomic E-state index is 0.0178. The number of ketones is 1. The molecule has 98 valence electrons.